The summed E-state index contributed by atoms with van der Waals surface area (Å²) >= 11 is 0. The third kappa shape index (κ3) is 3.73. The molecule has 0 unspecified atom stereocenters. The Bertz CT molecular complexity index is 484. The molecule has 5 nitrogen and oxygen atoms in total. The lowest BCUT2D eigenvalue weighted by atomic mass is 10.0. The number of nitrogens with zero attached hydrogens (tertiary/aromatic N) is 1. The fourth-order valence-corrected chi connectivity index (χ4v) is 2.37. The van der Waals surface area contributed by atoms with Crippen molar-refractivity contribution in [1.82, 2.24) is 4.90 Å². The Morgan fingerprint density at radius 2 is 2.05 bits per heavy atom. The van der Waals surface area contributed by atoms with E-state index in [1.54, 1.807) is 24.3 Å². The molecule has 0 spiro atoms. The van der Waals surface area contributed by atoms with Crippen molar-refractivity contribution < 1.29 is 14.3 Å². The standard InChI is InChI=1S/C15H20N2O3/c1-11-3-2-8-17(9-11)14(18)10-20-13-6-4-12(5-7-13)15(16)19/h4-7,11H,2-3,8-10H2,1H3,(H2,16,19)/t11-/m0/s1. The summed E-state index contributed by atoms with van der Waals surface area (Å²) in [5.41, 5.74) is 5.58. The predicted octanol–water partition coefficient (Wildman–Crippen LogP) is 1.42. The molecule has 0 bridgehead atoms. The number of nitrogens with two attached hydrogens (primary N) is 1. The van der Waals surface area contributed by atoms with Crippen LogP contribution in [0.4, 0.5) is 0 Å². The minimum atomic E-state index is -0.477. The molecule has 1 aliphatic heterocycles. The lowest BCUT2D eigenvalue weighted by molar-refractivity contribution is -0.135. The number of piperidine rings is 1. The topological polar surface area (TPSA) is 72.6 Å². The van der Waals surface area contributed by atoms with Gasteiger partial charge in [-0.1, -0.05) is 6.92 Å². The van der Waals surface area contributed by atoms with Crippen molar-refractivity contribution in [3.05, 3.63) is 29.8 Å². The lowest BCUT2D eigenvalue weighted by Gasteiger charge is -2.30. The average molecular weight is 276 g/mol. The maximum atomic E-state index is 12.0. The first kappa shape index (κ1) is 14.4. The summed E-state index contributed by atoms with van der Waals surface area (Å²) in [4.78, 5) is 24.8. The molecular formula is C15H20N2O3. The van der Waals surface area contributed by atoms with Crippen LogP contribution in [0.2, 0.25) is 0 Å². The van der Waals surface area contributed by atoms with Crippen LogP contribution in [-0.2, 0) is 4.79 Å². The van der Waals surface area contributed by atoms with Crippen molar-refractivity contribution in [3.8, 4) is 5.75 Å². The molecule has 0 radical (unpaired) electrons. The van der Waals surface area contributed by atoms with E-state index < -0.39 is 5.91 Å². The number of amides is 2. The second kappa shape index (κ2) is 6.41. The van der Waals surface area contributed by atoms with Crippen LogP contribution in [0.3, 0.4) is 0 Å². The molecule has 0 saturated carbocycles. The normalized spacial score (nSPS) is 18.6. The Balaban J connectivity index is 1.85. The highest BCUT2D eigenvalue weighted by molar-refractivity contribution is 5.92. The van der Waals surface area contributed by atoms with E-state index in [1.165, 1.54) is 6.42 Å². The summed E-state index contributed by atoms with van der Waals surface area (Å²) in [6.45, 7) is 3.81. The van der Waals surface area contributed by atoms with Gasteiger partial charge in [-0.2, -0.15) is 0 Å². The molecule has 2 rings (SSSR count). The molecule has 1 aromatic carbocycles. The van der Waals surface area contributed by atoms with E-state index >= 15 is 0 Å². The number of hydrogen-bond acceptors (Lipinski definition) is 3. The van der Waals surface area contributed by atoms with Crippen LogP contribution in [0.15, 0.2) is 24.3 Å². The summed E-state index contributed by atoms with van der Waals surface area (Å²) in [5.74, 6) is 0.654. The van der Waals surface area contributed by atoms with Crippen LogP contribution in [0, 0.1) is 5.92 Å². The summed E-state index contributed by atoms with van der Waals surface area (Å²) in [6, 6.07) is 6.47. The number of primary amides is 1. The van der Waals surface area contributed by atoms with Crippen LogP contribution >= 0.6 is 0 Å². The van der Waals surface area contributed by atoms with E-state index in [1.807, 2.05) is 4.90 Å². The molecule has 0 aromatic heterocycles. The van der Waals surface area contributed by atoms with Gasteiger partial charge in [0.05, 0.1) is 0 Å². The van der Waals surface area contributed by atoms with Gasteiger partial charge in [-0.25, -0.2) is 0 Å². The monoisotopic (exact) mass is 276 g/mol. The number of carbonyl (C=O) groups excluding carboxylic acids is 2. The van der Waals surface area contributed by atoms with E-state index in [9.17, 15) is 9.59 Å². The largest absolute Gasteiger partial charge is 0.484 e. The molecule has 2 amide bonds. The highest BCUT2D eigenvalue weighted by atomic mass is 16.5. The van der Waals surface area contributed by atoms with Crippen LogP contribution < -0.4 is 10.5 Å². The Morgan fingerprint density at radius 1 is 1.35 bits per heavy atom. The highest BCUT2D eigenvalue weighted by Crippen LogP contribution is 2.16. The number of rotatable bonds is 4. The Morgan fingerprint density at radius 3 is 2.65 bits per heavy atom. The molecule has 1 saturated heterocycles. The Hall–Kier alpha value is -2.04. The van der Waals surface area contributed by atoms with Crippen molar-refractivity contribution >= 4 is 11.8 Å². The third-order valence-electron chi connectivity index (χ3n) is 3.51. The number of hydrogen-bond donors (Lipinski definition) is 1. The average Bonchev–Trinajstić information content (AvgIpc) is 2.45. The van der Waals surface area contributed by atoms with Gasteiger partial charge in [-0.05, 0) is 43.0 Å². The summed E-state index contributed by atoms with van der Waals surface area (Å²) < 4.78 is 5.45. The first-order chi connectivity index (χ1) is 9.56. The molecule has 2 N–H and O–H groups in total. The predicted molar refractivity (Wildman–Crippen MR) is 75.4 cm³/mol. The fraction of sp³-hybridized carbons (Fsp3) is 0.467. The molecule has 1 aliphatic rings. The van der Waals surface area contributed by atoms with Gasteiger partial charge in [0, 0.05) is 18.7 Å². The Labute approximate surface area is 118 Å². The maximum Gasteiger partial charge on any atom is 0.260 e. The number of carbonyl (C=O) groups is 2. The van der Waals surface area contributed by atoms with Gasteiger partial charge in [0.2, 0.25) is 5.91 Å². The molecular weight excluding hydrogens is 256 g/mol. The zero-order valence-corrected chi connectivity index (χ0v) is 11.7. The van der Waals surface area contributed by atoms with Crippen LogP contribution in [0.25, 0.3) is 0 Å². The summed E-state index contributed by atoms with van der Waals surface area (Å²) in [5, 5.41) is 0. The molecule has 20 heavy (non-hydrogen) atoms. The molecule has 1 heterocycles. The van der Waals surface area contributed by atoms with Crippen LogP contribution in [0.5, 0.6) is 5.75 Å². The number of benzene rings is 1. The smallest absolute Gasteiger partial charge is 0.260 e. The first-order valence-corrected chi connectivity index (χ1v) is 6.86. The summed E-state index contributed by atoms with van der Waals surface area (Å²) in [6.07, 6.45) is 2.24. The van der Waals surface area contributed by atoms with E-state index in [2.05, 4.69) is 6.92 Å². The van der Waals surface area contributed by atoms with Crippen LogP contribution in [0.1, 0.15) is 30.1 Å². The fourth-order valence-electron chi connectivity index (χ4n) is 2.37. The maximum absolute atomic E-state index is 12.0. The van der Waals surface area contributed by atoms with E-state index in [-0.39, 0.29) is 12.5 Å². The molecule has 5 heteroatoms. The molecule has 1 aromatic rings. The number of likely N-dealkylation sites (tertiary alicyclic amines) is 1. The van der Waals surface area contributed by atoms with Crippen molar-refractivity contribution in [3.63, 3.8) is 0 Å². The van der Waals surface area contributed by atoms with E-state index in [0.29, 0.717) is 17.2 Å². The highest BCUT2D eigenvalue weighted by Gasteiger charge is 2.21. The lowest BCUT2D eigenvalue weighted by Crippen LogP contribution is -2.41. The zero-order chi connectivity index (χ0) is 14.5. The van der Waals surface area contributed by atoms with Crippen molar-refractivity contribution in [1.29, 1.82) is 0 Å². The Kier molecular flexibility index (Phi) is 4.61. The molecule has 1 fully saturated rings. The molecule has 1 atom stereocenters. The van der Waals surface area contributed by atoms with Gasteiger partial charge in [0.15, 0.2) is 6.61 Å². The summed E-state index contributed by atoms with van der Waals surface area (Å²) in [7, 11) is 0. The second-order valence-electron chi connectivity index (χ2n) is 5.26. The first-order valence-electron chi connectivity index (χ1n) is 6.86. The van der Waals surface area contributed by atoms with Crippen LogP contribution in [-0.4, -0.2) is 36.4 Å². The van der Waals surface area contributed by atoms with Gasteiger partial charge in [0.1, 0.15) is 5.75 Å². The van der Waals surface area contributed by atoms with E-state index in [0.717, 1.165) is 19.5 Å². The van der Waals surface area contributed by atoms with Gasteiger partial charge >= 0.3 is 0 Å². The quantitative estimate of drug-likeness (QED) is 0.904. The number of ether oxygens (including phenoxy) is 1. The zero-order valence-electron chi connectivity index (χ0n) is 11.7. The van der Waals surface area contributed by atoms with Gasteiger partial charge in [-0.15, -0.1) is 0 Å². The second-order valence-corrected chi connectivity index (χ2v) is 5.26. The van der Waals surface area contributed by atoms with Gasteiger partial charge in [0.25, 0.3) is 5.91 Å². The minimum absolute atomic E-state index is 0.00975. The van der Waals surface area contributed by atoms with Crippen molar-refractivity contribution in [2.45, 2.75) is 19.8 Å². The van der Waals surface area contributed by atoms with E-state index in [4.69, 9.17) is 10.5 Å². The van der Waals surface area contributed by atoms with Crippen molar-refractivity contribution in [2.24, 2.45) is 11.7 Å². The molecule has 108 valence electrons. The van der Waals surface area contributed by atoms with Crippen molar-refractivity contribution in [2.75, 3.05) is 19.7 Å². The molecule has 0 aliphatic carbocycles. The van der Waals surface area contributed by atoms with Gasteiger partial charge < -0.3 is 15.4 Å². The minimum Gasteiger partial charge on any atom is -0.484 e. The third-order valence-corrected chi connectivity index (χ3v) is 3.51. The SMILES string of the molecule is C[C@H]1CCCN(C(=O)COc2ccc(C(N)=O)cc2)C1. The van der Waals surface area contributed by atoms with Gasteiger partial charge in [-0.3, -0.25) is 9.59 Å².